The van der Waals surface area contributed by atoms with Crippen molar-refractivity contribution in [2.45, 2.75) is 6.54 Å². The number of carbonyl (C=O) groups is 1. The highest BCUT2D eigenvalue weighted by molar-refractivity contribution is 6.30. The van der Waals surface area contributed by atoms with E-state index in [0.29, 0.717) is 17.1 Å². The maximum atomic E-state index is 11.9. The van der Waals surface area contributed by atoms with Crippen LogP contribution in [-0.2, 0) is 6.54 Å². The summed E-state index contributed by atoms with van der Waals surface area (Å²) in [5.41, 5.74) is 9.16. The summed E-state index contributed by atoms with van der Waals surface area (Å²) in [6, 6.07) is 22.5. The van der Waals surface area contributed by atoms with Crippen molar-refractivity contribution in [3.8, 4) is 0 Å². The van der Waals surface area contributed by atoms with Crippen molar-refractivity contribution in [3.63, 3.8) is 0 Å². The first-order chi connectivity index (χ1) is 11.6. The SMILES string of the molecule is NC(=O)c1cccc2c1c1[c]cccc1n2Cc1cccc(Cl)c1. The number of halogens is 1. The standard InChI is InChI=1S/C20H14ClN2O/c21-14-6-3-5-13(11-14)12-23-17-9-2-1-7-15(17)19-16(20(22)24)8-4-10-18(19)23/h1-6,8-11H,12H2,(H2,22,24). The van der Waals surface area contributed by atoms with Gasteiger partial charge in [-0.2, -0.15) is 0 Å². The van der Waals surface area contributed by atoms with E-state index in [1.54, 1.807) is 6.07 Å². The van der Waals surface area contributed by atoms with Crippen LogP contribution in [0.2, 0.25) is 5.02 Å². The molecular formula is C20H14ClN2O. The molecule has 1 aromatic heterocycles. The largest absolute Gasteiger partial charge is 0.366 e. The van der Waals surface area contributed by atoms with E-state index >= 15 is 0 Å². The number of hydrogen-bond acceptors (Lipinski definition) is 1. The number of aromatic nitrogens is 1. The predicted molar refractivity (Wildman–Crippen MR) is 97.4 cm³/mol. The summed E-state index contributed by atoms with van der Waals surface area (Å²) < 4.78 is 2.17. The van der Waals surface area contributed by atoms with Crippen LogP contribution in [0, 0.1) is 6.07 Å². The average molecular weight is 334 g/mol. The number of nitrogens with zero attached hydrogens (tertiary/aromatic N) is 1. The molecule has 24 heavy (non-hydrogen) atoms. The molecule has 3 aromatic carbocycles. The zero-order chi connectivity index (χ0) is 16.7. The highest BCUT2D eigenvalue weighted by atomic mass is 35.5. The minimum Gasteiger partial charge on any atom is -0.366 e. The molecule has 0 atom stereocenters. The van der Waals surface area contributed by atoms with Gasteiger partial charge in [-0.15, -0.1) is 0 Å². The van der Waals surface area contributed by atoms with Crippen LogP contribution >= 0.6 is 11.6 Å². The number of carbonyl (C=O) groups excluding carboxylic acids is 1. The van der Waals surface area contributed by atoms with E-state index in [9.17, 15) is 4.79 Å². The van der Waals surface area contributed by atoms with Crippen molar-refractivity contribution < 1.29 is 4.79 Å². The summed E-state index contributed by atoms with van der Waals surface area (Å²) in [6.45, 7) is 0.653. The summed E-state index contributed by atoms with van der Waals surface area (Å²) in [7, 11) is 0. The third-order valence-corrected chi connectivity index (χ3v) is 4.44. The second-order valence-electron chi connectivity index (χ2n) is 5.71. The van der Waals surface area contributed by atoms with E-state index in [-0.39, 0.29) is 0 Å². The number of hydrogen-bond donors (Lipinski definition) is 1. The Bertz CT molecular complexity index is 1080. The second-order valence-corrected chi connectivity index (χ2v) is 6.15. The van der Waals surface area contributed by atoms with Gasteiger partial charge in [0.15, 0.2) is 0 Å². The van der Waals surface area contributed by atoms with Crippen LogP contribution in [0.3, 0.4) is 0 Å². The van der Waals surface area contributed by atoms with Gasteiger partial charge in [0.1, 0.15) is 0 Å². The zero-order valence-electron chi connectivity index (χ0n) is 12.8. The normalized spacial score (nSPS) is 11.2. The molecule has 0 fully saturated rings. The molecule has 1 heterocycles. The Labute approximate surface area is 144 Å². The van der Waals surface area contributed by atoms with Gasteiger partial charge in [-0.1, -0.05) is 41.9 Å². The van der Waals surface area contributed by atoms with Gasteiger partial charge in [-0.25, -0.2) is 0 Å². The van der Waals surface area contributed by atoms with Gasteiger partial charge >= 0.3 is 0 Å². The predicted octanol–water partition coefficient (Wildman–Crippen LogP) is 4.40. The zero-order valence-corrected chi connectivity index (χ0v) is 13.5. The maximum absolute atomic E-state index is 11.9. The minimum atomic E-state index is -0.431. The van der Waals surface area contributed by atoms with Gasteiger partial charge in [0.25, 0.3) is 0 Å². The van der Waals surface area contributed by atoms with Crippen molar-refractivity contribution in [2.24, 2.45) is 5.73 Å². The van der Waals surface area contributed by atoms with Gasteiger partial charge in [-0.3, -0.25) is 4.79 Å². The van der Waals surface area contributed by atoms with Crippen LogP contribution in [-0.4, -0.2) is 10.5 Å². The molecule has 0 bridgehead atoms. The Morgan fingerprint density at radius 2 is 1.88 bits per heavy atom. The molecule has 4 rings (SSSR count). The first-order valence-corrected chi connectivity index (χ1v) is 7.99. The fourth-order valence-electron chi connectivity index (χ4n) is 3.20. The molecule has 4 aromatic rings. The molecule has 3 nitrogen and oxygen atoms in total. The van der Waals surface area contributed by atoms with E-state index in [0.717, 1.165) is 27.4 Å². The molecule has 4 heteroatoms. The monoisotopic (exact) mass is 333 g/mol. The van der Waals surface area contributed by atoms with Crippen molar-refractivity contribution >= 4 is 39.3 Å². The lowest BCUT2D eigenvalue weighted by Gasteiger charge is -2.08. The molecule has 0 saturated carbocycles. The molecule has 0 spiro atoms. The van der Waals surface area contributed by atoms with Crippen LogP contribution in [0.25, 0.3) is 21.8 Å². The fourth-order valence-corrected chi connectivity index (χ4v) is 3.42. The lowest BCUT2D eigenvalue weighted by Crippen LogP contribution is -2.11. The Kier molecular flexibility index (Phi) is 3.51. The van der Waals surface area contributed by atoms with Crippen LogP contribution in [0.15, 0.2) is 60.7 Å². The van der Waals surface area contributed by atoms with Crippen molar-refractivity contribution in [2.75, 3.05) is 0 Å². The molecule has 0 unspecified atom stereocenters. The number of primary amides is 1. The van der Waals surface area contributed by atoms with E-state index in [1.807, 2.05) is 54.6 Å². The van der Waals surface area contributed by atoms with Gasteiger partial charge < -0.3 is 10.3 Å². The summed E-state index contributed by atoms with van der Waals surface area (Å²) in [5.74, 6) is -0.431. The van der Waals surface area contributed by atoms with Gasteiger partial charge in [-0.05, 0) is 42.0 Å². The Hall–Kier alpha value is -2.78. The van der Waals surface area contributed by atoms with Crippen molar-refractivity contribution in [1.29, 1.82) is 0 Å². The van der Waals surface area contributed by atoms with Crippen molar-refractivity contribution in [3.05, 3.63) is 82.9 Å². The van der Waals surface area contributed by atoms with E-state index in [4.69, 9.17) is 17.3 Å². The molecule has 0 saturated heterocycles. The Balaban J connectivity index is 2.03. The van der Waals surface area contributed by atoms with Gasteiger partial charge in [0, 0.05) is 27.9 Å². The second kappa shape index (κ2) is 5.69. The molecule has 1 amide bonds. The minimum absolute atomic E-state index is 0.431. The molecular weight excluding hydrogens is 320 g/mol. The molecule has 0 aliphatic heterocycles. The average Bonchev–Trinajstić information content (AvgIpc) is 2.89. The van der Waals surface area contributed by atoms with Crippen LogP contribution in [0.5, 0.6) is 0 Å². The van der Waals surface area contributed by atoms with Crippen LogP contribution < -0.4 is 5.73 Å². The fraction of sp³-hybridized carbons (Fsp3) is 0.0500. The van der Waals surface area contributed by atoms with Crippen molar-refractivity contribution in [1.82, 2.24) is 4.57 Å². The summed E-state index contributed by atoms with van der Waals surface area (Å²) in [6.07, 6.45) is 0. The maximum Gasteiger partial charge on any atom is 0.249 e. The Morgan fingerprint density at radius 1 is 1.08 bits per heavy atom. The molecule has 0 aliphatic carbocycles. The van der Waals surface area contributed by atoms with Crippen LogP contribution in [0.1, 0.15) is 15.9 Å². The van der Waals surface area contributed by atoms with Gasteiger partial charge in [0.2, 0.25) is 5.91 Å². The molecule has 117 valence electrons. The lowest BCUT2D eigenvalue weighted by atomic mass is 10.1. The Morgan fingerprint density at radius 3 is 2.67 bits per heavy atom. The first kappa shape index (κ1) is 14.8. The summed E-state index contributed by atoms with van der Waals surface area (Å²) in [4.78, 5) is 11.9. The highest BCUT2D eigenvalue weighted by Gasteiger charge is 2.16. The van der Waals surface area contributed by atoms with E-state index in [2.05, 4.69) is 10.6 Å². The number of rotatable bonds is 3. The quantitative estimate of drug-likeness (QED) is 0.593. The number of amides is 1. The van der Waals surface area contributed by atoms with E-state index in [1.165, 1.54) is 0 Å². The molecule has 1 radical (unpaired) electrons. The number of nitrogens with two attached hydrogens (primary N) is 1. The third-order valence-electron chi connectivity index (χ3n) is 4.20. The molecule has 0 aliphatic rings. The highest BCUT2D eigenvalue weighted by Crippen LogP contribution is 2.32. The lowest BCUT2D eigenvalue weighted by molar-refractivity contribution is 0.100. The van der Waals surface area contributed by atoms with Crippen LogP contribution in [0.4, 0.5) is 0 Å². The number of fused-ring (bicyclic) bond motifs is 3. The number of benzene rings is 3. The summed E-state index contributed by atoms with van der Waals surface area (Å²) in [5, 5.41) is 2.46. The third kappa shape index (κ3) is 2.34. The van der Waals surface area contributed by atoms with E-state index < -0.39 is 5.91 Å². The smallest absolute Gasteiger partial charge is 0.249 e. The summed E-state index contributed by atoms with van der Waals surface area (Å²) >= 11 is 6.11. The van der Waals surface area contributed by atoms with Gasteiger partial charge in [0.05, 0.1) is 11.0 Å². The molecule has 2 N–H and O–H groups in total. The first-order valence-electron chi connectivity index (χ1n) is 7.61. The topological polar surface area (TPSA) is 48.0 Å².